The minimum absolute atomic E-state index is 0.0246. The first-order valence-electron chi connectivity index (χ1n) is 6.29. The molecule has 0 aromatic heterocycles. The molecule has 0 aliphatic heterocycles. The molecule has 0 fully saturated rings. The third-order valence-corrected chi connectivity index (χ3v) is 2.54. The van der Waals surface area contributed by atoms with Crippen LogP contribution < -0.4 is 20.1 Å². The first-order chi connectivity index (χ1) is 9.06. The number of benzene rings is 1. The van der Waals surface area contributed by atoms with Gasteiger partial charge < -0.3 is 20.1 Å². The van der Waals surface area contributed by atoms with Crippen molar-refractivity contribution in [3.05, 3.63) is 18.2 Å². The van der Waals surface area contributed by atoms with E-state index in [2.05, 4.69) is 24.5 Å². The summed E-state index contributed by atoms with van der Waals surface area (Å²) in [6.45, 7) is 5.04. The summed E-state index contributed by atoms with van der Waals surface area (Å²) in [5.74, 6) is 1.72. The maximum atomic E-state index is 11.6. The summed E-state index contributed by atoms with van der Waals surface area (Å²) in [5.41, 5.74) is 0.817. The fourth-order valence-corrected chi connectivity index (χ4v) is 1.51. The van der Waals surface area contributed by atoms with Crippen molar-refractivity contribution in [2.45, 2.75) is 13.8 Å². The van der Waals surface area contributed by atoms with Crippen molar-refractivity contribution < 1.29 is 14.3 Å². The summed E-state index contributed by atoms with van der Waals surface area (Å²) in [6, 6.07) is 5.44. The number of anilines is 1. The van der Waals surface area contributed by atoms with Gasteiger partial charge in [-0.2, -0.15) is 0 Å². The summed E-state index contributed by atoms with van der Waals surface area (Å²) in [7, 11) is 3.17. The fraction of sp³-hybridized carbons (Fsp3) is 0.500. The van der Waals surface area contributed by atoms with Crippen molar-refractivity contribution in [1.82, 2.24) is 5.32 Å². The minimum Gasteiger partial charge on any atom is -0.493 e. The predicted octanol–water partition coefficient (Wildman–Crippen LogP) is 1.89. The second-order valence-corrected chi connectivity index (χ2v) is 4.62. The number of nitrogens with one attached hydrogen (secondary N) is 2. The van der Waals surface area contributed by atoms with Crippen molar-refractivity contribution >= 4 is 11.6 Å². The molecule has 1 aromatic carbocycles. The topological polar surface area (TPSA) is 59.6 Å². The van der Waals surface area contributed by atoms with Crippen LogP contribution in [0.5, 0.6) is 11.5 Å². The molecule has 5 nitrogen and oxygen atoms in total. The van der Waals surface area contributed by atoms with E-state index in [1.165, 1.54) is 0 Å². The average Bonchev–Trinajstić information content (AvgIpc) is 2.42. The molecular weight excluding hydrogens is 244 g/mol. The molecule has 1 rings (SSSR count). The van der Waals surface area contributed by atoms with Gasteiger partial charge in [0.1, 0.15) is 0 Å². The lowest BCUT2D eigenvalue weighted by Crippen LogP contribution is -2.32. The van der Waals surface area contributed by atoms with Crippen LogP contribution in [-0.2, 0) is 4.79 Å². The number of carbonyl (C=O) groups excluding carboxylic acids is 1. The van der Waals surface area contributed by atoms with E-state index in [1.54, 1.807) is 26.4 Å². The standard InChI is InChI=1S/C14H22N2O3/c1-10(2)8-16-14(17)9-15-11-5-6-12(18-3)13(7-11)19-4/h5-7,10,15H,8-9H2,1-4H3,(H,16,17). The molecule has 0 aliphatic carbocycles. The second kappa shape index (κ2) is 7.51. The fourth-order valence-electron chi connectivity index (χ4n) is 1.51. The monoisotopic (exact) mass is 266 g/mol. The third-order valence-electron chi connectivity index (χ3n) is 2.54. The number of hydrogen-bond donors (Lipinski definition) is 2. The second-order valence-electron chi connectivity index (χ2n) is 4.62. The van der Waals surface area contributed by atoms with Crippen LogP contribution in [0.4, 0.5) is 5.69 Å². The highest BCUT2D eigenvalue weighted by atomic mass is 16.5. The molecule has 5 heteroatoms. The minimum atomic E-state index is -0.0246. The number of hydrogen-bond acceptors (Lipinski definition) is 4. The Kier molecular flexibility index (Phi) is 5.99. The van der Waals surface area contributed by atoms with Crippen molar-refractivity contribution in [1.29, 1.82) is 0 Å². The van der Waals surface area contributed by atoms with Gasteiger partial charge in [-0.05, 0) is 18.1 Å². The molecule has 0 heterocycles. The van der Waals surface area contributed by atoms with Gasteiger partial charge in [0, 0.05) is 18.3 Å². The Morgan fingerprint density at radius 1 is 1.21 bits per heavy atom. The molecule has 106 valence electrons. The Labute approximate surface area is 114 Å². The summed E-state index contributed by atoms with van der Waals surface area (Å²) in [4.78, 5) is 11.6. The molecule has 0 unspecified atom stereocenters. The van der Waals surface area contributed by atoms with E-state index in [0.717, 1.165) is 5.69 Å². The lowest BCUT2D eigenvalue weighted by Gasteiger charge is -2.12. The van der Waals surface area contributed by atoms with Gasteiger partial charge in [-0.15, -0.1) is 0 Å². The van der Waals surface area contributed by atoms with Gasteiger partial charge in [0.2, 0.25) is 5.91 Å². The van der Waals surface area contributed by atoms with Crippen LogP contribution in [0.1, 0.15) is 13.8 Å². The van der Waals surface area contributed by atoms with Gasteiger partial charge in [0.25, 0.3) is 0 Å². The van der Waals surface area contributed by atoms with E-state index >= 15 is 0 Å². The van der Waals surface area contributed by atoms with Gasteiger partial charge in [0.15, 0.2) is 11.5 Å². The van der Waals surface area contributed by atoms with Crippen molar-refractivity contribution in [3.8, 4) is 11.5 Å². The van der Waals surface area contributed by atoms with E-state index in [4.69, 9.17) is 9.47 Å². The smallest absolute Gasteiger partial charge is 0.239 e. The largest absolute Gasteiger partial charge is 0.493 e. The molecule has 1 aromatic rings. The van der Waals surface area contributed by atoms with Crippen molar-refractivity contribution in [3.63, 3.8) is 0 Å². The summed E-state index contributed by atoms with van der Waals surface area (Å²) in [6.07, 6.45) is 0. The Hall–Kier alpha value is -1.91. The van der Waals surface area contributed by atoms with E-state index in [1.807, 2.05) is 6.07 Å². The number of carbonyl (C=O) groups is 1. The quantitative estimate of drug-likeness (QED) is 0.791. The van der Waals surface area contributed by atoms with Crippen LogP contribution in [0.2, 0.25) is 0 Å². The zero-order chi connectivity index (χ0) is 14.3. The van der Waals surface area contributed by atoms with Crippen LogP contribution in [-0.4, -0.2) is 33.2 Å². The van der Waals surface area contributed by atoms with Crippen LogP contribution in [0.15, 0.2) is 18.2 Å². The molecule has 0 spiro atoms. The van der Waals surface area contributed by atoms with Gasteiger partial charge in [-0.3, -0.25) is 4.79 Å². The maximum Gasteiger partial charge on any atom is 0.239 e. The molecule has 0 bridgehead atoms. The van der Waals surface area contributed by atoms with Gasteiger partial charge in [-0.1, -0.05) is 13.8 Å². The van der Waals surface area contributed by atoms with Crippen LogP contribution in [0.3, 0.4) is 0 Å². The SMILES string of the molecule is COc1ccc(NCC(=O)NCC(C)C)cc1OC. The lowest BCUT2D eigenvalue weighted by molar-refractivity contribution is -0.119. The van der Waals surface area contributed by atoms with Gasteiger partial charge in [0.05, 0.1) is 20.8 Å². The van der Waals surface area contributed by atoms with Crippen LogP contribution in [0, 0.1) is 5.92 Å². The van der Waals surface area contributed by atoms with E-state index in [9.17, 15) is 4.79 Å². The lowest BCUT2D eigenvalue weighted by atomic mass is 10.2. The average molecular weight is 266 g/mol. The Balaban J connectivity index is 2.51. The molecule has 1 amide bonds. The highest BCUT2D eigenvalue weighted by Gasteiger charge is 2.06. The highest BCUT2D eigenvalue weighted by molar-refractivity contribution is 5.80. The maximum absolute atomic E-state index is 11.6. The first-order valence-corrected chi connectivity index (χ1v) is 6.29. The molecule has 0 saturated heterocycles. The third kappa shape index (κ3) is 5.07. The zero-order valence-electron chi connectivity index (χ0n) is 11.9. The van der Waals surface area contributed by atoms with Gasteiger partial charge >= 0.3 is 0 Å². The van der Waals surface area contributed by atoms with Crippen LogP contribution >= 0.6 is 0 Å². The number of ether oxygens (including phenoxy) is 2. The molecule has 2 N–H and O–H groups in total. The van der Waals surface area contributed by atoms with E-state index in [-0.39, 0.29) is 12.5 Å². The summed E-state index contributed by atoms with van der Waals surface area (Å²) >= 11 is 0. The van der Waals surface area contributed by atoms with E-state index < -0.39 is 0 Å². The van der Waals surface area contributed by atoms with Crippen molar-refractivity contribution in [2.75, 3.05) is 32.6 Å². The predicted molar refractivity (Wildman–Crippen MR) is 75.9 cm³/mol. The molecule has 0 radical (unpaired) electrons. The van der Waals surface area contributed by atoms with E-state index in [0.29, 0.717) is 24.0 Å². The van der Waals surface area contributed by atoms with Crippen LogP contribution in [0.25, 0.3) is 0 Å². The molecular formula is C14H22N2O3. The van der Waals surface area contributed by atoms with Gasteiger partial charge in [-0.25, -0.2) is 0 Å². The number of rotatable bonds is 7. The normalized spacial score (nSPS) is 10.2. The number of methoxy groups -OCH3 is 2. The Bertz CT molecular complexity index is 419. The molecule has 0 saturated carbocycles. The summed E-state index contributed by atoms with van der Waals surface area (Å²) in [5, 5.41) is 5.89. The Morgan fingerprint density at radius 2 is 1.89 bits per heavy atom. The van der Waals surface area contributed by atoms with Crippen molar-refractivity contribution in [2.24, 2.45) is 5.92 Å². The summed E-state index contributed by atoms with van der Waals surface area (Å²) < 4.78 is 10.3. The Morgan fingerprint density at radius 3 is 2.47 bits per heavy atom. The first kappa shape index (κ1) is 15.1. The highest BCUT2D eigenvalue weighted by Crippen LogP contribution is 2.29. The molecule has 19 heavy (non-hydrogen) atoms. The molecule has 0 aliphatic rings. The number of amides is 1. The zero-order valence-corrected chi connectivity index (χ0v) is 11.9. The molecule has 0 atom stereocenters.